The van der Waals surface area contributed by atoms with Crippen LogP contribution >= 0.6 is 15.9 Å². The molecule has 0 saturated carbocycles. The SMILES string of the molecule is N=C1c2cc(Br)ccc2CC12CCc1ccccc1CC2. The lowest BCUT2D eigenvalue weighted by Gasteiger charge is -2.27. The maximum Gasteiger partial charge on any atom is 0.0454 e. The van der Waals surface area contributed by atoms with Crippen molar-refractivity contribution in [2.75, 3.05) is 0 Å². The fraction of sp³-hybridized carbons (Fsp3) is 0.316. The van der Waals surface area contributed by atoms with Crippen molar-refractivity contribution in [1.82, 2.24) is 0 Å². The van der Waals surface area contributed by atoms with Crippen molar-refractivity contribution in [3.8, 4) is 0 Å². The number of hydrogen-bond donors (Lipinski definition) is 1. The van der Waals surface area contributed by atoms with Crippen LogP contribution in [0.15, 0.2) is 46.9 Å². The molecule has 0 bridgehead atoms. The number of fused-ring (bicyclic) bond motifs is 2. The van der Waals surface area contributed by atoms with E-state index in [1.807, 2.05) is 0 Å². The van der Waals surface area contributed by atoms with Gasteiger partial charge in [-0.15, -0.1) is 0 Å². The Bertz CT molecular complexity index is 705. The first kappa shape index (κ1) is 13.3. The van der Waals surface area contributed by atoms with Crippen LogP contribution in [0.2, 0.25) is 0 Å². The summed E-state index contributed by atoms with van der Waals surface area (Å²) in [6.07, 6.45) is 5.47. The smallest absolute Gasteiger partial charge is 0.0454 e. The molecular weight excluding hydrogens is 322 g/mol. The average molecular weight is 340 g/mol. The first-order chi connectivity index (χ1) is 10.2. The van der Waals surface area contributed by atoms with Crippen LogP contribution in [0.4, 0.5) is 0 Å². The maximum atomic E-state index is 8.75. The van der Waals surface area contributed by atoms with Crippen LogP contribution in [0.1, 0.15) is 35.1 Å². The fourth-order valence-corrected chi connectivity index (χ4v) is 4.38. The van der Waals surface area contributed by atoms with Crippen molar-refractivity contribution in [2.24, 2.45) is 5.41 Å². The van der Waals surface area contributed by atoms with E-state index in [9.17, 15) is 0 Å². The number of halogens is 1. The fourth-order valence-electron chi connectivity index (χ4n) is 4.02. The van der Waals surface area contributed by atoms with Gasteiger partial charge in [-0.25, -0.2) is 0 Å². The zero-order valence-corrected chi connectivity index (χ0v) is 13.5. The molecule has 0 aromatic heterocycles. The van der Waals surface area contributed by atoms with Gasteiger partial charge < -0.3 is 5.41 Å². The van der Waals surface area contributed by atoms with Gasteiger partial charge in [0.1, 0.15) is 0 Å². The zero-order valence-electron chi connectivity index (χ0n) is 12.0. The number of rotatable bonds is 0. The van der Waals surface area contributed by atoms with E-state index >= 15 is 0 Å². The number of nitrogens with one attached hydrogen (secondary N) is 1. The molecule has 0 saturated heterocycles. The first-order valence-electron chi connectivity index (χ1n) is 7.63. The van der Waals surface area contributed by atoms with Gasteiger partial charge in [-0.3, -0.25) is 0 Å². The molecule has 0 atom stereocenters. The van der Waals surface area contributed by atoms with Crippen molar-refractivity contribution in [3.05, 3.63) is 69.2 Å². The van der Waals surface area contributed by atoms with E-state index in [-0.39, 0.29) is 5.41 Å². The standard InChI is InChI=1S/C19H18BrN/c20-16-6-5-15-12-19(18(21)17(15)11-16)9-7-13-3-1-2-4-14(13)8-10-19/h1-6,11,21H,7-10,12H2. The molecule has 1 spiro atoms. The van der Waals surface area contributed by atoms with E-state index in [1.54, 1.807) is 0 Å². The predicted molar refractivity (Wildman–Crippen MR) is 90.2 cm³/mol. The van der Waals surface area contributed by atoms with Gasteiger partial charge in [-0.2, -0.15) is 0 Å². The Kier molecular flexibility index (Phi) is 3.04. The van der Waals surface area contributed by atoms with Crippen LogP contribution in [0.5, 0.6) is 0 Å². The molecule has 2 aromatic carbocycles. The van der Waals surface area contributed by atoms with Gasteiger partial charge in [0.25, 0.3) is 0 Å². The van der Waals surface area contributed by atoms with E-state index < -0.39 is 0 Å². The zero-order chi connectivity index (χ0) is 14.4. The minimum absolute atomic E-state index is 0.0577. The van der Waals surface area contributed by atoms with Gasteiger partial charge in [0.05, 0.1) is 0 Å². The summed E-state index contributed by atoms with van der Waals surface area (Å²) in [5.74, 6) is 0. The molecule has 0 radical (unpaired) electrons. The topological polar surface area (TPSA) is 23.9 Å². The van der Waals surface area contributed by atoms with E-state index in [1.165, 1.54) is 16.7 Å². The summed E-state index contributed by atoms with van der Waals surface area (Å²) in [4.78, 5) is 0. The van der Waals surface area contributed by atoms with Gasteiger partial charge in [0, 0.05) is 21.2 Å². The van der Waals surface area contributed by atoms with Crippen LogP contribution in [0.3, 0.4) is 0 Å². The summed E-state index contributed by atoms with van der Waals surface area (Å²) >= 11 is 3.55. The predicted octanol–water partition coefficient (Wildman–Crippen LogP) is 4.94. The molecule has 21 heavy (non-hydrogen) atoms. The second-order valence-electron chi connectivity index (χ2n) is 6.40. The highest BCUT2D eigenvalue weighted by molar-refractivity contribution is 9.10. The van der Waals surface area contributed by atoms with Crippen molar-refractivity contribution in [3.63, 3.8) is 0 Å². The van der Waals surface area contributed by atoms with Crippen molar-refractivity contribution < 1.29 is 0 Å². The maximum absolute atomic E-state index is 8.75. The Hall–Kier alpha value is -1.41. The molecule has 2 aliphatic rings. The third-order valence-electron chi connectivity index (χ3n) is 5.26. The van der Waals surface area contributed by atoms with E-state index in [0.29, 0.717) is 0 Å². The molecule has 4 rings (SSSR count). The summed E-state index contributed by atoms with van der Waals surface area (Å²) in [5.41, 5.74) is 6.41. The molecule has 1 nitrogen and oxygen atoms in total. The van der Waals surface area contributed by atoms with Crippen LogP contribution < -0.4 is 0 Å². The summed E-state index contributed by atoms with van der Waals surface area (Å²) in [6, 6.07) is 15.2. The Morgan fingerprint density at radius 2 is 1.57 bits per heavy atom. The van der Waals surface area contributed by atoms with Crippen molar-refractivity contribution in [2.45, 2.75) is 32.1 Å². The summed E-state index contributed by atoms with van der Waals surface area (Å²) in [5, 5.41) is 8.75. The molecule has 0 amide bonds. The largest absolute Gasteiger partial charge is 0.304 e. The van der Waals surface area contributed by atoms with Crippen LogP contribution in [-0.2, 0) is 19.3 Å². The van der Waals surface area contributed by atoms with Crippen molar-refractivity contribution >= 4 is 21.6 Å². The molecular formula is C19H18BrN. The second kappa shape index (κ2) is 4.81. The molecule has 2 aliphatic carbocycles. The molecule has 0 unspecified atom stereocenters. The first-order valence-corrected chi connectivity index (χ1v) is 8.42. The highest BCUT2D eigenvalue weighted by Crippen LogP contribution is 2.46. The average Bonchev–Trinajstić information content (AvgIpc) is 2.66. The number of hydrogen-bond acceptors (Lipinski definition) is 1. The lowest BCUT2D eigenvalue weighted by Crippen LogP contribution is -2.28. The molecule has 2 heteroatoms. The van der Waals surface area contributed by atoms with E-state index in [2.05, 4.69) is 58.4 Å². The van der Waals surface area contributed by atoms with Gasteiger partial charge in [0.15, 0.2) is 0 Å². The molecule has 0 heterocycles. The number of aryl methyl sites for hydroxylation is 2. The van der Waals surface area contributed by atoms with Gasteiger partial charge in [-0.1, -0.05) is 46.3 Å². The summed E-state index contributed by atoms with van der Waals surface area (Å²) in [7, 11) is 0. The van der Waals surface area contributed by atoms with Gasteiger partial charge in [0.2, 0.25) is 0 Å². The quantitative estimate of drug-likeness (QED) is 0.703. The summed E-state index contributed by atoms with van der Waals surface area (Å²) in [6.45, 7) is 0. The Labute approximate surface area is 134 Å². The van der Waals surface area contributed by atoms with E-state index in [4.69, 9.17) is 5.41 Å². The van der Waals surface area contributed by atoms with Gasteiger partial charge >= 0.3 is 0 Å². The van der Waals surface area contributed by atoms with Crippen molar-refractivity contribution in [1.29, 1.82) is 5.41 Å². The van der Waals surface area contributed by atoms with Crippen LogP contribution in [0.25, 0.3) is 0 Å². The lowest BCUT2D eigenvalue weighted by molar-refractivity contribution is 0.374. The third-order valence-corrected chi connectivity index (χ3v) is 5.76. The summed E-state index contributed by atoms with van der Waals surface area (Å²) < 4.78 is 1.08. The van der Waals surface area contributed by atoms with Gasteiger partial charge in [-0.05, 0) is 60.9 Å². The third kappa shape index (κ3) is 2.08. The minimum atomic E-state index is 0.0577. The second-order valence-corrected chi connectivity index (χ2v) is 7.32. The number of benzene rings is 2. The van der Waals surface area contributed by atoms with E-state index in [0.717, 1.165) is 47.9 Å². The minimum Gasteiger partial charge on any atom is -0.304 e. The molecule has 106 valence electrons. The highest BCUT2D eigenvalue weighted by Gasteiger charge is 2.42. The molecule has 0 aliphatic heterocycles. The molecule has 1 N–H and O–H groups in total. The lowest BCUT2D eigenvalue weighted by atomic mass is 9.76. The molecule has 2 aromatic rings. The highest BCUT2D eigenvalue weighted by atomic mass is 79.9. The monoisotopic (exact) mass is 339 g/mol. The Morgan fingerprint density at radius 3 is 2.24 bits per heavy atom. The van der Waals surface area contributed by atoms with Crippen LogP contribution in [0, 0.1) is 10.8 Å². The normalized spacial score (nSPS) is 19.2. The Morgan fingerprint density at radius 1 is 0.905 bits per heavy atom. The Balaban J connectivity index is 1.70. The van der Waals surface area contributed by atoms with Crippen LogP contribution in [-0.4, -0.2) is 5.71 Å². The molecule has 0 fully saturated rings.